The second kappa shape index (κ2) is 10.0. The summed E-state index contributed by atoms with van der Waals surface area (Å²) in [5.74, 6) is 0.209. The Kier molecular flexibility index (Phi) is 6.98. The number of halogens is 5. The maximum atomic E-state index is 15.4. The average molecular weight is 564 g/mol. The Labute approximate surface area is 229 Å². The second-order valence-electron chi connectivity index (χ2n) is 10.5. The highest BCUT2D eigenvalue weighted by Gasteiger charge is 2.36. The average Bonchev–Trinajstić information content (AvgIpc) is 3.57. The number of hydrogen-bond acceptors (Lipinski definition) is 4. The maximum absolute atomic E-state index is 15.4. The summed E-state index contributed by atoms with van der Waals surface area (Å²) in [5, 5.41) is 9.70. The van der Waals surface area contributed by atoms with Gasteiger partial charge in [-0.1, -0.05) is 17.7 Å². The summed E-state index contributed by atoms with van der Waals surface area (Å²) < 4.78 is 60.5. The van der Waals surface area contributed by atoms with Gasteiger partial charge in [-0.2, -0.15) is 23.4 Å². The van der Waals surface area contributed by atoms with Crippen LogP contribution < -0.4 is 4.90 Å². The van der Waals surface area contributed by atoms with E-state index in [1.165, 1.54) is 16.7 Å². The van der Waals surface area contributed by atoms with Crippen molar-refractivity contribution in [3.63, 3.8) is 0 Å². The minimum Gasteiger partial charge on any atom is -0.350 e. The van der Waals surface area contributed by atoms with Crippen molar-refractivity contribution >= 4 is 17.4 Å². The molecule has 3 aromatic heterocycles. The van der Waals surface area contributed by atoms with Crippen LogP contribution >= 0.6 is 11.6 Å². The highest BCUT2D eigenvalue weighted by atomic mass is 35.5. The van der Waals surface area contributed by atoms with Crippen molar-refractivity contribution in [2.24, 2.45) is 0 Å². The van der Waals surface area contributed by atoms with E-state index >= 15 is 4.39 Å². The molecule has 0 aliphatic carbocycles. The van der Waals surface area contributed by atoms with E-state index in [0.29, 0.717) is 22.8 Å². The molecule has 0 spiro atoms. The van der Waals surface area contributed by atoms with E-state index in [4.69, 9.17) is 16.7 Å². The minimum atomic E-state index is -4.62. The standard InChI is InChI=1S/C27H30ClF4N7/c1-15(2)36-14-23(27(30,31)32)34-26(36)19-7-6-18(10-21(19)29)13-37-17(5)8-9-38-24(37)11-22(35-38)25-20(28)12-33-39(25)16(3)4/h6-7,10-12,14-17H,8-9,13H2,1-5H3/t17-/m1/s1. The Morgan fingerprint density at radius 3 is 2.49 bits per heavy atom. The quantitative estimate of drug-likeness (QED) is 0.230. The van der Waals surface area contributed by atoms with E-state index in [1.54, 1.807) is 26.1 Å². The van der Waals surface area contributed by atoms with Crippen molar-refractivity contribution in [3.05, 3.63) is 58.8 Å². The van der Waals surface area contributed by atoms with E-state index in [1.807, 2.05) is 29.3 Å². The van der Waals surface area contributed by atoms with Crippen molar-refractivity contribution in [1.82, 2.24) is 29.1 Å². The molecule has 4 aromatic rings. The van der Waals surface area contributed by atoms with Crippen molar-refractivity contribution in [2.75, 3.05) is 4.90 Å². The zero-order chi connectivity index (χ0) is 28.2. The fourth-order valence-corrected chi connectivity index (χ4v) is 5.20. The van der Waals surface area contributed by atoms with Crippen LogP contribution in [0, 0.1) is 5.82 Å². The molecule has 0 radical (unpaired) electrons. The van der Waals surface area contributed by atoms with Gasteiger partial charge in [-0.15, -0.1) is 0 Å². The molecule has 0 saturated carbocycles. The Morgan fingerprint density at radius 2 is 1.85 bits per heavy atom. The predicted octanol–water partition coefficient (Wildman–Crippen LogP) is 7.38. The Morgan fingerprint density at radius 1 is 1.10 bits per heavy atom. The summed E-state index contributed by atoms with van der Waals surface area (Å²) in [6, 6.07) is 6.51. The van der Waals surface area contributed by atoms with Crippen LogP contribution in [-0.4, -0.2) is 35.2 Å². The molecule has 1 atom stereocenters. The number of anilines is 1. The molecule has 208 valence electrons. The molecule has 12 heteroatoms. The van der Waals surface area contributed by atoms with Gasteiger partial charge < -0.3 is 9.47 Å². The second-order valence-corrected chi connectivity index (χ2v) is 10.9. The van der Waals surface area contributed by atoms with Crippen LogP contribution in [0.5, 0.6) is 0 Å². The lowest BCUT2D eigenvalue weighted by molar-refractivity contribution is -0.140. The summed E-state index contributed by atoms with van der Waals surface area (Å²) in [7, 11) is 0. The topological polar surface area (TPSA) is 56.7 Å². The minimum absolute atomic E-state index is 0.0264. The molecule has 1 aliphatic rings. The van der Waals surface area contributed by atoms with Gasteiger partial charge in [0.2, 0.25) is 0 Å². The first kappa shape index (κ1) is 27.2. The van der Waals surface area contributed by atoms with Gasteiger partial charge in [-0.05, 0) is 58.7 Å². The summed E-state index contributed by atoms with van der Waals surface area (Å²) in [6.07, 6.45) is -1.23. The van der Waals surface area contributed by atoms with E-state index < -0.39 is 17.7 Å². The maximum Gasteiger partial charge on any atom is 0.434 e. The zero-order valence-electron chi connectivity index (χ0n) is 22.3. The molecule has 0 fully saturated rings. The van der Waals surface area contributed by atoms with Crippen LogP contribution in [0.1, 0.15) is 64.4 Å². The van der Waals surface area contributed by atoms with Crippen LogP contribution in [-0.2, 0) is 19.3 Å². The van der Waals surface area contributed by atoms with Crippen molar-refractivity contribution in [2.45, 2.75) is 78.4 Å². The lowest BCUT2D eigenvalue weighted by atomic mass is 10.1. The Balaban J connectivity index is 1.47. The summed E-state index contributed by atoms with van der Waals surface area (Å²) in [5.41, 5.74) is 1.12. The van der Waals surface area contributed by atoms with Gasteiger partial charge in [-0.25, -0.2) is 14.1 Å². The van der Waals surface area contributed by atoms with E-state index in [0.717, 1.165) is 30.7 Å². The van der Waals surface area contributed by atoms with Gasteiger partial charge in [0, 0.05) is 43.5 Å². The largest absolute Gasteiger partial charge is 0.434 e. The number of aromatic nitrogens is 6. The van der Waals surface area contributed by atoms with Crippen molar-refractivity contribution in [3.8, 4) is 22.8 Å². The molecule has 0 saturated heterocycles. The van der Waals surface area contributed by atoms with Gasteiger partial charge >= 0.3 is 6.18 Å². The third-order valence-electron chi connectivity index (χ3n) is 7.03. The zero-order valence-corrected chi connectivity index (χ0v) is 23.1. The SMILES string of the molecule is CC(C)n1cc(C(F)(F)F)nc1-c1ccc(CN2c3cc(-c4c(Cl)cnn4C(C)C)nn3CC[C@H]2C)cc1F. The van der Waals surface area contributed by atoms with E-state index in [2.05, 4.69) is 21.9 Å². The molecule has 1 aliphatic heterocycles. The molecule has 39 heavy (non-hydrogen) atoms. The molecule has 4 heterocycles. The molecule has 7 nitrogen and oxygen atoms in total. The monoisotopic (exact) mass is 563 g/mol. The molecular weight excluding hydrogens is 534 g/mol. The number of hydrogen-bond donors (Lipinski definition) is 0. The van der Waals surface area contributed by atoms with Gasteiger partial charge in [-0.3, -0.25) is 4.68 Å². The van der Waals surface area contributed by atoms with Gasteiger partial charge in [0.05, 0.1) is 16.8 Å². The van der Waals surface area contributed by atoms with Gasteiger partial charge in [0.15, 0.2) is 5.69 Å². The van der Waals surface area contributed by atoms with Crippen molar-refractivity contribution < 1.29 is 17.6 Å². The fraction of sp³-hybridized carbons (Fsp3) is 0.444. The predicted molar refractivity (Wildman–Crippen MR) is 142 cm³/mol. The lowest BCUT2D eigenvalue weighted by Crippen LogP contribution is -2.39. The molecule has 0 amide bonds. The number of benzene rings is 1. The van der Waals surface area contributed by atoms with E-state index in [-0.39, 0.29) is 29.5 Å². The fourth-order valence-electron chi connectivity index (χ4n) is 4.98. The first-order chi connectivity index (χ1) is 18.3. The van der Waals surface area contributed by atoms with Crippen molar-refractivity contribution in [1.29, 1.82) is 0 Å². The van der Waals surface area contributed by atoms with Crippen LogP contribution in [0.15, 0.2) is 36.7 Å². The number of alkyl halides is 3. The van der Waals surface area contributed by atoms with E-state index in [9.17, 15) is 13.2 Å². The highest BCUT2D eigenvalue weighted by molar-refractivity contribution is 6.32. The Hall–Kier alpha value is -3.34. The number of rotatable bonds is 6. The number of aryl methyl sites for hydroxylation is 1. The molecule has 0 bridgehead atoms. The van der Waals surface area contributed by atoms with Crippen LogP contribution in [0.4, 0.5) is 23.4 Å². The first-order valence-corrected chi connectivity index (χ1v) is 13.3. The first-order valence-electron chi connectivity index (χ1n) is 12.9. The molecule has 0 unspecified atom stereocenters. The number of imidazole rings is 1. The third kappa shape index (κ3) is 5.04. The van der Waals surface area contributed by atoms with Crippen LogP contribution in [0.2, 0.25) is 5.02 Å². The molecule has 1 aromatic carbocycles. The summed E-state index contributed by atoms with van der Waals surface area (Å²) in [4.78, 5) is 5.88. The summed E-state index contributed by atoms with van der Waals surface area (Å²) in [6.45, 7) is 10.7. The lowest BCUT2D eigenvalue weighted by Gasteiger charge is -2.35. The molecule has 5 rings (SSSR count). The molecular formula is C27H30ClF4N7. The van der Waals surface area contributed by atoms with Gasteiger partial charge in [0.25, 0.3) is 0 Å². The highest BCUT2D eigenvalue weighted by Crippen LogP contribution is 2.36. The third-order valence-corrected chi connectivity index (χ3v) is 7.31. The Bertz CT molecular complexity index is 1500. The normalized spacial score (nSPS) is 16.0. The number of fused-ring (bicyclic) bond motifs is 1. The van der Waals surface area contributed by atoms with Crippen LogP contribution in [0.25, 0.3) is 22.8 Å². The van der Waals surface area contributed by atoms with Crippen LogP contribution in [0.3, 0.4) is 0 Å². The molecule has 0 N–H and O–H groups in total. The smallest absolute Gasteiger partial charge is 0.350 e. The van der Waals surface area contributed by atoms with Gasteiger partial charge in [0.1, 0.15) is 28.8 Å². The summed E-state index contributed by atoms with van der Waals surface area (Å²) >= 11 is 6.46. The number of nitrogens with zero attached hydrogens (tertiary/aromatic N) is 7.